The van der Waals surface area contributed by atoms with Crippen LogP contribution in [0.25, 0.3) is 10.9 Å². The second-order valence-corrected chi connectivity index (χ2v) is 7.65. The lowest BCUT2D eigenvalue weighted by molar-refractivity contribution is -0.133. The van der Waals surface area contributed by atoms with Crippen LogP contribution in [0.2, 0.25) is 0 Å². The maximum Gasteiger partial charge on any atom is 0.236 e. The standard InChI is InChI=1S/C21H28N4O/c22-18-14-17-6-2-3-7-19(17)23-21(18)16-8-12-25(13-9-16)20(26)15-24-10-4-1-5-11-24/h2-3,6-7,14,16H,1,4-5,8-13,15,22H2. The highest BCUT2D eigenvalue weighted by molar-refractivity contribution is 5.82. The van der Waals surface area contributed by atoms with Crippen LogP contribution in [0.5, 0.6) is 0 Å². The van der Waals surface area contributed by atoms with E-state index in [0.29, 0.717) is 12.5 Å². The number of anilines is 1. The molecule has 0 radical (unpaired) electrons. The average molecular weight is 352 g/mol. The molecule has 2 aromatic rings. The van der Waals surface area contributed by atoms with Crippen LogP contribution < -0.4 is 5.73 Å². The number of nitrogens with zero attached hydrogens (tertiary/aromatic N) is 3. The average Bonchev–Trinajstić information content (AvgIpc) is 2.68. The Morgan fingerprint density at radius 1 is 1.08 bits per heavy atom. The van der Waals surface area contributed by atoms with Gasteiger partial charge in [-0.2, -0.15) is 0 Å². The fraction of sp³-hybridized carbons (Fsp3) is 0.524. The Balaban J connectivity index is 1.38. The second kappa shape index (κ2) is 7.62. The number of rotatable bonds is 3. The minimum absolute atomic E-state index is 0.282. The van der Waals surface area contributed by atoms with Crippen molar-refractivity contribution in [1.82, 2.24) is 14.8 Å². The van der Waals surface area contributed by atoms with Crippen molar-refractivity contribution in [2.45, 2.75) is 38.0 Å². The van der Waals surface area contributed by atoms with Gasteiger partial charge in [0.1, 0.15) is 0 Å². The normalized spacial score (nSPS) is 19.8. The molecular weight excluding hydrogens is 324 g/mol. The van der Waals surface area contributed by atoms with E-state index in [0.717, 1.165) is 61.3 Å². The maximum absolute atomic E-state index is 12.6. The van der Waals surface area contributed by atoms with Crippen molar-refractivity contribution in [3.8, 4) is 0 Å². The molecule has 1 amide bonds. The molecule has 2 aliphatic heterocycles. The summed E-state index contributed by atoms with van der Waals surface area (Å²) < 4.78 is 0. The van der Waals surface area contributed by atoms with Crippen LogP contribution in [-0.4, -0.2) is 53.4 Å². The highest BCUT2D eigenvalue weighted by Crippen LogP contribution is 2.32. The number of fused-ring (bicyclic) bond motifs is 1. The van der Waals surface area contributed by atoms with Crippen molar-refractivity contribution in [2.75, 3.05) is 38.5 Å². The summed E-state index contributed by atoms with van der Waals surface area (Å²) in [6.45, 7) is 4.34. The molecule has 0 spiro atoms. The first kappa shape index (κ1) is 17.3. The predicted octanol–water partition coefficient (Wildman–Crippen LogP) is 3.01. The van der Waals surface area contributed by atoms with Gasteiger partial charge in [-0.3, -0.25) is 14.7 Å². The monoisotopic (exact) mass is 352 g/mol. The summed E-state index contributed by atoms with van der Waals surface area (Å²) in [4.78, 5) is 21.8. The third kappa shape index (κ3) is 3.68. The zero-order valence-corrected chi connectivity index (χ0v) is 15.4. The number of carbonyl (C=O) groups is 1. The SMILES string of the molecule is Nc1cc2ccccc2nc1C1CCN(C(=O)CN2CCCCC2)CC1. The number of piperidine rings is 2. The van der Waals surface area contributed by atoms with Crippen molar-refractivity contribution in [3.05, 3.63) is 36.0 Å². The van der Waals surface area contributed by atoms with E-state index in [1.165, 1.54) is 19.3 Å². The number of amides is 1. The molecule has 4 rings (SSSR count). The fourth-order valence-electron chi connectivity index (χ4n) is 4.29. The molecule has 26 heavy (non-hydrogen) atoms. The highest BCUT2D eigenvalue weighted by atomic mass is 16.2. The Kier molecular flexibility index (Phi) is 5.07. The van der Waals surface area contributed by atoms with Crippen LogP contribution >= 0.6 is 0 Å². The molecule has 0 unspecified atom stereocenters. The van der Waals surface area contributed by atoms with Crippen molar-refractivity contribution in [2.24, 2.45) is 0 Å². The summed E-state index contributed by atoms with van der Waals surface area (Å²) in [5.41, 5.74) is 9.07. The van der Waals surface area contributed by atoms with Crippen LogP contribution in [0.3, 0.4) is 0 Å². The molecule has 2 aliphatic rings. The molecule has 3 heterocycles. The smallest absolute Gasteiger partial charge is 0.236 e. The largest absolute Gasteiger partial charge is 0.397 e. The number of carbonyl (C=O) groups excluding carboxylic acids is 1. The Labute approximate surface area is 155 Å². The second-order valence-electron chi connectivity index (χ2n) is 7.65. The predicted molar refractivity (Wildman–Crippen MR) is 105 cm³/mol. The van der Waals surface area contributed by atoms with Crippen LogP contribution in [0, 0.1) is 0 Å². The number of pyridine rings is 1. The molecule has 138 valence electrons. The minimum atomic E-state index is 0.282. The minimum Gasteiger partial charge on any atom is -0.397 e. The zero-order valence-electron chi connectivity index (χ0n) is 15.4. The molecular formula is C21H28N4O. The summed E-state index contributed by atoms with van der Waals surface area (Å²) in [6.07, 6.45) is 5.64. The third-order valence-electron chi connectivity index (χ3n) is 5.83. The quantitative estimate of drug-likeness (QED) is 0.922. The van der Waals surface area contributed by atoms with Crippen LogP contribution in [-0.2, 0) is 4.79 Å². The van der Waals surface area contributed by atoms with Gasteiger partial charge in [-0.05, 0) is 50.9 Å². The molecule has 2 saturated heterocycles. The first-order chi connectivity index (χ1) is 12.7. The Morgan fingerprint density at radius 2 is 1.81 bits per heavy atom. The lowest BCUT2D eigenvalue weighted by Gasteiger charge is -2.34. The number of para-hydroxylation sites is 1. The van der Waals surface area contributed by atoms with E-state index >= 15 is 0 Å². The van der Waals surface area contributed by atoms with Crippen molar-refractivity contribution < 1.29 is 4.79 Å². The number of nitrogens with two attached hydrogens (primary N) is 1. The van der Waals surface area contributed by atoms with E-state index in [1.807, 2.05) is 35.2 Å². The highest BCUT2D eigenvalue weighted by Gasteiger charge is 2.27. The molecule has 2 fully saturated rings. The van der Waals surface area contributed by atoms with Gasteiger partial charge in [0.05, 0.1) is 23.4 Å². The third-order valence-corrected chi connectivity index (χ3v) is 5.83. The van der Waals surface area contributed by atoms with E-state index in [4.69, 9.17) is 10.7 Å². The van der Waals surface area contributed by atoms with E-state index in [2.05, 4.69) is 4.90 Å². The van der Waals surface area contributed by atoms with Gasteiger partial charge in [-0.15, -0.1) is 0 Å². The molecule has 0 atom stereocenters. The van der Waals surface area contributed by atoms with E-state index in [1.54, 1.807) is 0 Å². The summed E-state index contributed by atoms with van der Waals surface area (Å²) in [5.74, 6) is 0.628. The lowest BCUT2D eigenvalue weighted by atomic mass is 9.91. The molecule has 5 nitrogen and oxygen atoms in total. The Bertz CT molecular complexity index is 777. The summed E-state index contributed by atoms with van der Waals surface area (Å²) >= 11 is 0. The number of likely N-dealkylation sites (tertiary alicyclic amines) is 2. The molecule has 0 aliphatic carbocycles. The van der Waals surface area contributed by atoms with Gasteiger partial charge in [0, 0.05) is 24.4 Å². The van der Waals surface area contributed by atoms with E-state index < -0.39 is 0 Å². The number of hydrogen-bond donors (Lipinski definition) is 1. The molecule has 0 bridgehead atoms. The fourth-order valence-corrected chi connectivity index (χ4v) is 4.29. The van der Waals surface area contributed by atoms with Gasteiger partial charge >= 0.3 is 0 Å². The zero-order chi connectivity index (χ0) is 17.9. The number of benzene rings is 1. The molecule has 5 heteroatoms. The van der Waals surface area contributed by atoms with Gasteiger partial charge in [0.25, 0.3) is 0 Å². The molecule has 2 N–H and O–H groups in total. The number of aromatic nitrogens is 1. The Hall–Kier alpha value is -2.14. The van der Waals surface area contributed by atoms with E-state index in [-0.39, 0.29) is 5.91 Å². The van der Waals surface area contributed by atoms with Crippen LogP contribution in [0.1, 0.15) is 43.7 Å². The van der Waals surface area contributed by atoms with Crippen molar-refractivity contribution in [3.63, 3.8) is 0 Å². The molecule has 0 saturated carbocycles. The van der Waals surface area contributed by atoms with Crippen molar-refractivity contribution >= 4 is 22.5 Å². The van der Waals surface area contributed by atoms with E-state index in [9.17, 15) is 4.79 Å². The number of hydrogen-bond acceptors (Lipinski definition) is 4. The summed E-state index contributed by atoms with van der Waals surface area (Å²) in [5, 5.41) is 1.09. The van der Waals surface area contributed by atoms with Crippen LogP contribution in [0.15, 0.2) is 30.3 Å². The van der Waals surface area contributed by atoms with Gasteiger partial charge < -0.3 is 10.6 Å². The van der Waals surface area contributed by atoms with Crippen molar-refractivity contribution in [1.29, 1.82) is 0 Å². The topological polar surface area (TPSA) is 62.5 Å². The van der Waals surface area contributed by atoms with Crippen LogP contribution in [0.4, 0.5) is 5.69 Å². The van der Waals surface area contributed by atoms with Gasteiger partial charge in [-0.1, -0.05) is 24.6 Å². The molecule has 1 aromatic carbocycles. The first-order valence-electron chi connectivity index (χ1n) is 9.86. The Morgan fingerprint density at radius 3 is 2.58 bits per heavy atom. The van der Waals surface area contributed by atoms with Gasteiger partial charge in [0.2, 0.25) is 5.91 Å². The lowest BCUT2D eigenvalue weighted by Crippen LogP contribution is -2.45. The van der Waals surface area contributed by atoms with Gasteiger partial charge in [0.15, 0.2) is 0 Å². The number of nitrogen functional groups attached to an aromatic ring is 1. The molecule has 1 aromatic heterocycles. The summed E-state index contributed by atoms with van der Waals surface area (Å²) in [6, 6.07) is 10.1. The van der Waals surface area contributed by atoms with Gasteiger partial charge in [-0.25, -0.2) is 0 Å². The first-order valence-corrected chi connectivity index (χ1v) is 9.86. The summed E-state index contributed by atoms with van der Waals surface area (Å²) in [7, 11) is 0. The maximum atomic E-state index is 12.6.